The van der Waals surface area contributed by atoms with Crippen LogP contribution in [0.25, 0.3) is 0 Å². The van der Waals surface area contributed by atoms with Crippen molar-refractivity contribution in [2.45, 2.75) is 0 Å². The van der Waals surface area contributed by atoms with E-state index in [0.29, 0.717) is 6.54 Å². The van der Waals surface area contributed by atoms with E-state index in [0.717, 1.165) is 11.0 Å². The maximum absolute atomic E-state index is 5.45. The van der Waals surface area contributed by atoms with Crippen LogP contribution in [-0.4, -0.2) is 20.1 Å². The zero-order valence-corrected chi connectivity index (χ0v) is 8.71. The van der Waals surface area contributed by atoms with Gasteiger partial charge >= 0.3 is 0 Å². The third-order valence-corrected chi connectivity index (χ3v) is 2.21. The number of nitrogens with zero attached hydrogens (tertiary/aromatic N) is 1. The Bertz CT molecular complexity index is 250. The fraction of sp³-hybridized carbons (Fsp3) is 0.333. The minimum Gasteiger partial charge on any atom is -0.373 e. The van der Waals surface area contributed by atoms with Crippen molar-refractivity contribution in [2.24, 2.45) is 5.73 Å². The van der Waals surface area contributed by atoms with Crippen LogP contribution in [0.4, 0.5) is 5.69 Å². The Balaban J connectivity index is 2.73. The molecule has 12 heavy (non-hydrogen) atoms. The van der Waals surface area contributed by atoms with Crippen molar-refractivity contribution >= 4 is 21.6 Å². The molecule has 1 aromatic rings. The average Bonchev–Trinajstić information content (AvgIpc) is 2.05. The predicted octanol–water partition coefficient (Wildman–Crippen LogP) is 1.84. The Morgan fingerprint density at radius 2 is 2.25 bits per heavy atom. The molecule has 2 N–H and O–H groups in total. The molecule has 66 valence electrons. The zero-order valence-electron chi connectivity index (χ0n) is 7.13. The van der Waals surface area contributed by atoms with Crippen LogP contribution in [0.5, 0.6) is 0 Å². The van der Waals surface area contributed by atoms with E-state index in [2.05, 4.69) is 33.0 Å². The van der Waals surface area contributed by atoms with Gasteiger partial charge in [0.05, 0.1) is 0 Å². The van der Waals surface area contributed by atoms with Crippen molar-refractivity contribution in [3.63, 3.8) is 0 Å². The second-order valence-corrected chi connectivity index (χ2v) is 3.61. The maximum atomic E-state index is 5.45. The van der Waals surface area contributed by atoms with Crippen LogP contribution in [0, 0.1) is 0 Å². The van der Waals surface area contributed by atoms with Crippen molar-refractivity contribution in [1.29, 1.82) is 0 Å². The molecule has 0 heterocycles. The van der Waals surface area contributed by atoms with Gasteiger partial charge < -0.3 is 10.6 Å². The summed E-state index contributed by atoms with van der Waals surface area (Å²) >= 11 is 3.42. The molecule has 0 spiro atoms. The first-order chi connectivity index (χ1) is 5.74. The number of rotatable bonds is 3. The third-order valence-electron chi connectivity index (χ3n) is 1.71. The summed E-state index contributed by atoms with van der Waals surface area (Å²) in [6, 6.07) is 8.18. The van der Waals surface area contributed by atoms with Gasteiger partial charge in [-0.05, 0) is 18.2 Å². The number of hydrogen-bond donors (Lipinski definition) is 1. The van der Waals surface area contributed by atoms with Crippen LogP contribution in [-0.2, 0) is 0 Å². The molecule has 1 aromatic carbocycles. The van der Waals surface area contributed by atoms with Gasteiger partial charge in [-0.25, -0.2) is 0 Å². The zero-order chi connectivity index (χ0) is 8.97. The van der Waals surface area contributed by atoms with E-state index >= 15 is 0 Å². The van der Waals surface area contributed by atoms with Gasteiger partial charge in [0, 0.05) is 30.3 Å². The molecule has 0 aromatic heterocycles. The maximum Gasteiger partial charge on any atom is 0.0375 e. The lowest BCUT2D eigenvalue weighted by Crippen LogP contribution is -2.24. The van der Waals surface area contributed by atoms with Gasteiger partial charge in [0.2, 0.25) is 0 Å². The number of likely N-dealkylation sites (N-methyl/N-ethyl adjacent to an activating group) is 1. The number of halogens is 1. The summed E-state index contributed by atoms with van der Waals surface area (Å²) < 4.78 is 1.10. The second kappa shape index (κ2) is 4.48. The van der Waals surface area contributed by atoms with Crippen LogP contribution in [0.15, 0.2) is 28.7 Å². The number of benzene rings is 1. The molecule has 0 bridgehead atoms. The minimum atomic E-state index is 0.684. The smallest absolute Gasteiger partial charge is 0.0375 e. The highest BCUT2D eigenvalue weighted by Gasteiger charge is 1.98. The molecule has 0 aliphatic carbocycles. The minimum absolute atomic E-state index is 0.684. The van der Waals surface area contributed by atoms with Crippen molar-refractivity contribution in [1.82, 2.24) is 0 Å². The highest BCUT2D eigenvalue weighted by molar-refractivity contribution is 9.10. The van der Waals surface area contributed by atoms with Crippen molar-refractivity contribution in [3.05, 3.63) is 28.7 Å². The Hall–Kier alpha value is -0.540. The van der Waals surface area contributed by atoms with Gasteiger partial charge in [0.15, 0.2) is 0 Å². The topological polar surface area (TPSA) is 29.3 Å². The summed E-state index contributed by atoms with van der Waals surface area (Å²) in [6.07, 6.45) is 0. The van der Waals surface area contributed by atoms with Crippen LogP contribution in [0.2, 0.25) is 0 Å². The highest BCUT2D eigenvalue weighted by atomic mass is 79.9. The second-order valence-electron chi connectivity index (χ2n) is 2.69. The lowest BCUT2D eigenvalue weighted by molar-refractivity contribution is 0.885. The molecule has 3 heteroatoms. The normalized spacial score (nSPS) is 9.92. The summed E-state index contributed by atoms with van der Waals surface area (Å²) in [4.78, 5) is 2.13. The van der Waals surface area contributed by atoms with Crippen molar-refractivity contribution in [2.75, 3.05) is 25.0 Å². The first-order valence-corrected chi connectivity index (χ1v) is 4.70. The lowest BCUT2D eigenvalue weighted by Gasteiger charge is -2.18. The van der Waals surface area contributed by atoms with Gasteiger partial charge in [-0.2, -0.15) is 0 Å². The number of hydrogen-bond acceptors (Lipinski definition) is 2. The van der Waals surface area contributed by atoms with E-state index in [1.165, 1.54) is 5.69 Å². The molecule has 0 atom stereocenters. The molecule has 0 aliphatic rings. The molecule has 0 amide bonds. The first kappa shape index (κ1) is 9.55. The third kappa shape index (κ3) is 2.50. The molecular formula is C9H13BrN2. The van der Waals surface area contributed by atoms with E-state index in [-0.39, 0.29) is 0 Å². The summed E-state index contributed by atoms with van der Waals surface area (Å²) in [6.45, 7) is 1.57. The molecular weight excluding hydrogens is 216 g/mol. The fourth-order valence-electron chi connectivity index (χ4n) is 1.04. The molecule has 1 rings (SSSR count). The Morgan fingerprint density at radius 3 is 2.83 bits per heavy atom. The Labute approximate surface area is 81.5 Å². The van der Waals surface area contributed by atoms with E-state index in [1.54, 1.807) is 0 Å². The predicted molar refractivity (Wildman–Crippen MR) is 56.5 cm³/mol. The molecule has 0 fully saturated rings. The molecule has 0 unspecified atom stereocenters. The van der Waals surface area contributed by atoms with E-state index in [1.807, 2.05) is 19.2 Å². The first-order valence-electron chi connectivity index (χ1n) is 3.91. The Kier molecular flexibility index (Phi) is 3.56. The van der Waals surface area contributed by atoms with Gasteiger partial charge in [-0.1, -0.05) is 22.0 Å². The molecule has 0 saturated heterocycles. The van der Waals surface area contributed by atoms with Crippen molar-refractivity contribution in [3.8, 4) is 0 Å². The number of anilines is 1. The molecule has 0 radical (unpaired) electrons. The summed E-state index contributed by atoms with van der Waals surface area (Å²) in [5.74, 6) is 0. The van der Waals surface area contributed by atoms with Gasteiger partial charge in [-0.3, -0.25) is 0 Å². The summed E-state index contributed by atoms with van der Waals surface area (Å²) in [5.41, 5.74) is 6.64. The van der Waals surface area contributed by atoms with Crippen LogP contribution >= 0.6 is 15.9 Å². The van der Waals surface area contributed by atoms with Crippen molar-refractivity contribution < 1.29 is 0 Å². The fourth-order valence-corrected chi connectivity index (χ4v) is 1.42. The van der Waals surface area contributed by atoms with Crippen LogP contribution < -0.4 is 10.6 Å². The van der Waals surface area contributed by atoms with E-state index < -0.39 is 0 Å². The van der Waals surface area contributed by atoms with Gasteiger partial charge in [0.25, 0.3) is 0 Å². The standard InChI is InChI=1S/C9H13BrN2/c1-12(6-5-11)9-4-2-3-8(10)7-9/h2-4,7H,5-6,11H2,1H3. The highest BCUT2D eigenvalue weighted by Crippen LogP contribution is 2.18. The molecule has 2 nitrogen and oxygen atoms in total. The van der Waals surface area contributed by atoms with E-state index in [4.69, 9.17) is 5.73 Å². The molecule has 0 saturated carbocycles. The largest absolute Gasteiger partial charge is 0.373 e. The quantitative estimate of drug-likeness (QED) is 0.856. The van der Waals surface area contributed by atoms with Gasteiger partial charge in [0.1, 0.15) is 0 Å². The monoisotopic (exact) mass is 228 g/mol. The summed E-state index contributed by atoms with van der Waals surface area (Å²) in [5, 5.41) is 0. The number of nitrogens with two attached hydrogens (primary N) is 1. The SMILES string of the molecule is CN(CCN)c1cccc(Br)c1. The average molecular weight is 229 g/mol. The van der Waals surface area contributed by atoms with Gasteiger partial charge in [-0.15, -0.1) is 0 Å². The lowest BCUT2D eigenvalue weighted by atomic mass is 10.3. The Morgan fingerprint density at radius 1 is 1.50 bits per heavy atom. The van der Waals surface area contributed by atoms with E-state index in [9.17, 15) is 0 Å². The summed E-state index contributed by atoms with van der Waals surface area (Å²) in [7, 11) is 2.04. The molecule has 0 aliphatic heterocycles. The van der Waals surface area contributed by atoms with Crippen LogP contribution in [0.3, 0.4) is 0 Å². The van der Waals surface area contributed by atoms with Crippen LogP contribution in [0.1, 0.15) is 0 Å².